The van der Waals surface area contributed by atoms with Crippen LogP contribution in [0.5, 0.6) is 0 Å². The fourth-order valence-electron chi connectivity index (χ4n) is 1.17. The number of hydrazine groups is 1. The van der Waals surface area contributed by atoms with Crippen LogP contribution >= 0.6 is 11.6 Å². The highest BCUT2D eigenvalue weighted by Gasteiger charge is 2.05. The van der Waals surface area contributed by atoms with Crippen molar-refractivity contribution in [3.63, 3.8) is 0 Å². The molecule has 0 aliphatic carbocycles. The van der Waals surface area contributed by atoms with Crippen molar-refractivity contribution in [3.8, 4) is 0 Å². The van der Waals surface area contributed by atoms with Gasteiger partial charge in [-0.05, 0) is 17.7 Å². The molecule has 15 heavy (non-hydrogen) atoms. The van der Waals surface area contributed by atoms with Crippen molar-refractivity contribution in [1.29, 1.82) is 0 Å². The van der Waals surface area contributed by atoms with Gasteiger partial charge in [0, 0.05) is 11.4 Å². The molecule has 0 saturated carbocycles. The van der Waals surface area contributed by atoms with E-state index in [9.17, 15) is 0 Å². The molecule has 6 heteroatoms. The molecule has 5 nitrogen and oxygen atoms in total. The van der Waals surface area contributed by atoms with Crippen molar-refractivity contribution in [2.24, 2.45) is 5.84 Å². The largest absolute Gasteiger partial charge is 0.335 e. The Balaban J connectivity index is 2.11. The highest BCUT2D eigenvalue weighted by Crippen LogP contribution is 2.12. The summed E-state index contributed by atoms with van der Waals surface area (Å²) in [4.78, 5) is 4.00. The van der Waals surface area contributed by atoms with Gasteiger partial charge in [0.1, 0.15) is 0 Å². The fourth-order valence-corrected chi connectivity index (χ4v) is 1.30. The summed E-state index contributed by atoms with van der Waals surface area (Å²) in [5.74, 6) is 5.69. The summed E-state index contributed by atoms with van der Waals surface area (Å²) in [6.07, 6.45) is 0.586. The zero-order valence-corrected chi connectivity index (χ0v) is 8.53. The number of hydrogen-bond donors (Lipinski definition) is 2. The van der Waals surface area contributed by atoms with Crippen LogP contribution in [-0.2, 0) is 6.42 Å². The first kappa shape index (κ1) is 9.95. The van der Waals surface area contributed by atoms with Crippen LogP contribution in [-0.4, -0.2) is 10.1 Å². The molecule has 78 valence electrons. The van der Waals surface area contributed by atoms with E-state index >= 15 is 0 Å². The maximum Gasteiger partial charge on any atom is 0.335 e. The zero-order valence-electron chi connectivity index (χ0n) is 7.77. The van der Waals surface area contributed by atoms with Crippen molar-refractivity contribution in [2.45, 2.75) is 6.42 Å². The molecule has 0 aliphatic heterocycles. The maximum atomic E-state index is 5.76. The van der Waals surface area contributed by atoms with E-state index in [1.165, 1.54) is 0 Å². The molecule has 1 heterocycles. The molecule has 0 amide bonds. The van der Waals surface area contributed by atoms with E-state index in [2.05, 4.69) is 15.6 Å². The van der Waals surface area contributed by atoms with Gasteiger partial charge in [0.2, 0.25) is 0 Å². The van der Waals surface area contributed by atoms with Gasteiger partial charge in [0.15, 0.2) is 5.82 Å². The quantitative estimate of drug-likeness (QED) is 0.612. The van der Waals surface area contributed by atoms with E-state index in [0.717, 1.165) is 5.56 Å². The smallest absolute Gasteiger partial charge is 0.314 e. The van der Waals surface area contributed by atoms with Crippen LogP contribution in [0.3, 0.4) is 0 Å². The third kappa shape index (κ3) is 2.45. The monoisotopic (exact) mass is 224 g/mol. The molecule has 0 aliphatic rings. The van der Waals surface area contributed by atoms with Crippen molar-refractivity contribution >= 4 is 17.6 Å². The summed E-state index contributed by atoms with van der Waals surface area (Å²) in [6.45, 7) is 0. The molecular formula is C9H9ClN4O. The molecule has 1 aromatic heterocycles. The summed E-state index contributed by atoms with van der Waals surface area (Å²) in [5, 5.41) is 4.45. The van der Waals surface area contributed by atoms with Crippen molar-refractivity contribution < 1.29 is 4.52 Å². The second-order valence-corrected chi connectivity index (χ2v) is 3.40. The maximum absolute atomic E-state index is 5.76. The van der Waals surface area contributed by atoms with Crippen LogP contribution < -0.4 is 11.3 Å². The normalized spacial score (nSPS) is 10.3. The number of rotatable bonds is 3. The topological polar surface area (TPSA) is 77.0 Å². The number of hydrogen-bond acceptors (Lipinski definition) is 5. The standard InChI is InChI=1S/C9H9ClN4O/c10-7-3-1-6(2-4-7)5-8-12-9(13-11)15-14-8/h1-4H,5,11H2,(H,12,13,14). The van der Waals surface area contributed by atoms with Gasteiger partial charge in [-0.3, -0.25) is 5.43 Å². The minimum Gasteiger partial charge on any atom is -0.314 e. The van der Waals surface area contributed by atoms with Crippen LogP contribution in [0.2, 0.25) is 5.02 Å². The Kier molecular flexibility index (Phi) is 2.84. The zero-order chi connectivity index (χ0) is 10.7. The van der Waals surface area contributed by atoms with Crippen LogP contribution in [0.4, 0.5) is 6.01 Å². The molecule has 0 radical (unpaired) electrons. The molecule has 2 aromatic rings. The molecule has 2 rings (SSSR count). The molecular weight excluding hydrogens is 216 g/mol. The first-order valence-electron chi connectivity index (χ1n) is 4.31. The molecule has 0 spiro atoms. The molecule has 1 aromatic carbocycles. The van der Waals surface area contributed by atoms with Crippen molar-refractivity contribution in [1.82, 2.24) is 10.1 Å². The van der Waals surface area contributed by atoms with E-state index < -0.39 is 0 Å². The Morgan fingerprint density at radius 3 is 2.67 bits per heavy atom. The second-order valence-electron chi connectivity index (χ2n) is 2.96. The lowest BCUT2D eigenvalue weighted by Crippen LogP contribution is -2.06. The number of aromatic nitrogens is 2. The number of halogens is 1. The third-order valence-corrected chi connectivity index (χ3v) is 2.12. The first-order valence-corrected chi connectivity index (χ1v) is 4.69. The molecule has 0 saturated heterocycles. The molecule has 3 N–H and O–H groups in total. The second kappa shape index (κ2) is 4.29. The lowest BCUT2D eigenvalue weighted by atomic mass is 10.1. The Morgan fingerprint density at radius 2 is 2.07 bits per heavy atom. The van der Waals surface area contributed by atoms with Gasteiger partial charge in [0.05, 0.1) is 0 Å². The van der Waals surface area contributed by atoms with Crippen molar-refractivity contribution in [2.75, 3.05) is 5.43 Å². The Bertz CT molecular complexity index is 440. The van der Waals surface area contributed by atoms with Gasteiger partial charge < -0.3 is 4.52 Å². The van der Waals surface area contributed by atoms with Crippen LogP contribution in [0.15, 0.2) is 28.8 Å². The number of nitrogens with two attached hydrogens (primary N) is 1. The molecule has 0 atom stereocenters. The first-order chi connectivity index (χ1) is 7.28. The Hall–Kier alpha value is -1.59. The summed E-state index contributed by atoms with van der Waals surface area (Å²) >= 11 is 5.76. The van der Waals surface area contributed by atoms with Crippen LogP contribution in [0, 0.1) is 0 Å². The number of nitrogens with one attached hydrogen (secondary N) is 1. The van der Waals surface area contributed by atoms with Crippen LogP contribution in [0.1, 0.15) is 11.4 Å². The lowest BCUT2D eigenvalue weighted by molar-refractivity contribution is 0.424. The highest BCUT2D eigenvalue weighted by atomic mass is 35.5. The van der Waals surface area contributed by atoms with Gasteiger partial charge >= 0.3 is 6.01 Å². The van der Waals surface area contributed by atoms with Gasteiger partial charge in [-0.15, -0.1) is 0 Å². The highest BCUT2D eigenvalue weighted by molar-refractivity contribution is 6.30. The number of anilines is 1. The lowest BCUT2D eigenvalue weighted by Gasteiger charge is -1.95. The summed E-state index contributed by atoms with van der Waals surface area (Å²) in [5.41, 5.74) is 3.34. The molecule has 0 unspecified atom stereocenters. The number of benzene rings is 1. The minimum absolute atomic E-state index is 0.207. The predicted molar refractivity (Wildman–Crippen MR) is 56.4 cm³/mol. The third-order valence-electron chi connectivity index (χ3n) is 1.87. The Morgan fingerprint density at radius 1 is 1.33 bits per heavy atom. The summed E-state index contributed by atoms with van der Waals surface area (Å²) < 4.78 is 4.79. The van der Waals surface area contributed by atoms with Gasteiger partial charge in [-0.2, -0.15) is 4.98 Å². The SMILES string of the molecule is NNc1nc(Cc2ccc(Cl)cc2)no1. The average molecular weight is 225 g/mol. The van der Waals surface area contributed by atoms with Crippen molar-refractivity contribution in [3.05, 3.63) is 40.7 Å². The number of nitrogens with zero attached hydrogens (tertiary/aromatic N) is 2. The van der Waals surface area contributed by atoms with E-state index in [-0.39, 0.29) is 6.01 Å². The predicted octanol–water partition coefficient (Wildman–Crippen LogP) is 1.60. The summed E-state index contributed by atoms with van der Waals surface area (Å²) in [6, 6.07) is 7.67. The molecule has 0 fully saturated rings. The number of nitrogen functional groups attached to an aromatic ring is 1. The van der Waals surface area contributed by atoms with Gasteiger partial charge in [0.25, 0.3) is 0 Å². The van der Waals surface area contributed by atoms with E-state index in [1.54, 1.807) is 0 Å². The average Bonchev–Trinajstić information content (AvgIpc) is 2.69. The van der Waals surface area contributed by atoms with Gasteiger partial charge in [-0.1, -0.05) is 28.9 Å². The van der Waals surface area contributed by atoms with Crippen LogP contribution in [0.25, 0.3) is 0 Å². The Labute approximate surface area is 91.2 Å². The van der Waals surface area contributed by atoms with Gasteiger partial charge in [-0.25, -0.2) is 5.84 Å². The molecule has 0 bridgehead atoms. The van der Waals surface area contributed by atoms with E-state index in [1.807, 2.05) is 24.3 Å². The minimum atomic E-state index is 0.207. The summed E-state index contributed by atoms with van der Waals surface area (Å²) in [7, 11) is 0. The fraction of sp³-hybridized carbons (Fsp3) is 0.111. The van der Waals surface area contributed by atoms with E-state index in [0.29, 0.717) is 17.3 Å². The van der Waals surface area contributed by atoms with E-state index in [4.69, 9.17) is 22.0 Å².